The van der Waals surface area contributed by atoms with Crippen LogP contribution in [0.5, 0.6) is 0 Å². The Morgan fingerprint density at radius 2 is 1.61 bits per heavy atom. The van der Waals surface area contributed by atoms with E-state index in [-0.39, 0.29) is 0 Å². The van der Waals surface area contributed by atoms with Gasteiger partial charge in [0.15, 0.2) is 0 Å². The lowest BCUT2D eigenvalue weighted by Crippen LogP contribution is -2.38. The molecule has 0 atom stereocenters. The van der Waals surface area contributed by atoms with Gasteiger partial charge in [-0.05, 0) is 51.7 Å². The van der Waals surface area contributed by atoms with Crippen molar-refractivity contribution in [3.05, 3.63) is 0 Å². The summed E-state index contributed by atoms with van der Waals surface area (Å²) in [5, 5.41) is 3.74. The van der Waals surface area contributed by atoms with Gasteiger partial charge < -0.3 is 10.2 Å². The highest BCUT2D eigenvalue weighted by atomic mass is 15.1. The molecule has 0 spiro atoms. The molecule has 0 unspecified atom stereocenters. The number of rotatable bonds is 7. The van der Waals surface area contributed by atoms with Crippen LogP contribution in [0.2, 0.25) is 0 Å². The van der Waals surface area contributed by atoms with Crippen molar-refractivity contribution in [1.82, 2.24) is 10.2 Å². The molecule has 2 heteroatoms. The van der Waals surface area contributed by atoms with E-state index in [1.54, 1.807) is 0 Å². The molecular weight excluding hydrogens is 220 g/mol. The van der Waals surface area contributed by atoms with Crippen molar-refractivity contribution >= 4 is 0 Å². The first kappa shape index (κ1) is 14.3. The maximum Gasteiger partial charge on any atom is 0.00951 e. The number of hydrogen-bond acceptors (Lipinski definition) is 2. The first-order valence-corrected chi connectivity index (χ1v) is 8.37. The monoisotopic (exact) mass is 252 g/mol. The molecule has 2 saturated carbocycles. The van der Waals surface area contributed by atoms with Crippen LogP contribution in [0.15, 0.2) is 0 Å². The van der Waals surface area contributed by atoms with Gasteiger partial charge in [0.05, 0.1) is 0 Å². The first-order chi connectivity index (χ1) is 8.90. The molecule has 0 radical (unpaired) electrons. The molecule has 0 aromatic carbocycles. The second-order valence-electron chi connectivity index (χ2n) is 6.21. The predicted molar refractivity (Wildman–Crippen MR) is 79.0 cm³/mol. The largest absolute Gasteiger partial charge is 0.314 e. The fourth-order valence-corrected chi connectivity index (χ4v) is 3.76. The summed E-state index contributed by atoms with van der Waals surface area (Å²) in [7, 11) is 0. The highest BCUT2D eigenvalue weighted by molar-refractivity contribution is 4.76. The summed E-state index contributed by atoms with van der Waals surface area (Å²) in [4.78, 5) is 2.73. The van der Waals surface area contributed by atoms with Crippen molar-refractivity contribution in [3.8, 4) is 0 Å². The Morgan fingerprint density at radius 1 is 0.944 bits per heavy atom. The summed E-state index contributed by atoms with van der Waals surface area (Å²) in [5.41, 5.74) is 0. The first-order valence-electron chi connectivity index (χ1n) is 8.37. The van der Waals surface area contributed by atoms with E-state index in [2.05, 4.69) is 17.1 Å². The van der Waals surface area contributed by atoms with Gasteiger partial charge in [0.25, 0.3) is 0 Å². The van der Waals surface area contributed by atoms with Crippen molar-refractivity contribution in [3.63, 3.8) is 0 Å². The third kappa shape index (κ3) is 4.55. The molecule has 18 heavy (non-hydrogen) atoms. The van der Waals surface area contributed by atoms with E-state index < -0.39 is 0 Å². The second kappa shape index (κ2) is 8.16. The Labute approximate surface area is 114 Å². The molecule has 0 aliphatic heterocycles. The molecule has 2 nitrogen and oxygen atoms in total. The third-order valence-electron chi connectivity index (χ3n) is 4.91. The molecule has 0 aromatic rings. The number of nitrogens with one attached hydrogen (secondary N) is 1. The van der Waals surface area contributed by atoms with Gasteiger partial charge in [-0.25, -0.2) is 0 Å². The minimum Gasteiger partial charge on any atom is -0.314 e. The number of nitrogens with zero attached hydrogens (tertiary/aromatic N) is 1. The summed E-state index contributed by atoms with van der Waals surface area (Å²) in [6.07, 6.45) is 14.3. The highest BCUT2D eigenvalue weighted by Gasteiger charge is 2.19. The van der Waals surface area contributed by atoms with Gasteiger partial charge in [0, 0.05) is 12.1 Å². The fraction of sp³-hybridized carbons (Fsp3) is 1.00. The zero-order valence-corrected chi connectivity index (χ0v) is 12.3. The predicted octanol–water partition coefficient (Wildman–Crippen LogP) is 3.56. The molecule has 2 aliphatic rings. The van der Waals surface area contributed by atoms with Crippen molar-refractivity contribution in [2.24, 2.45) is 0 Å². The fourth-order valence-electron chi connectivity index (χ4n) is 3.76. The molecular formula is C16H32N2. The van der Waals surface area contributed by atoms with Gasteiger partial charge in [-0.1, -0.05) is 39.0 Å². The molecule has 0 amide bonds. The van der Waals surface area contributed by atoms with E-state index in [1.165, 1.54) is 83.8 Å². The topological polar surface area (TPSA) is 15.3 Å². The average molecular weight is 252 g/mol. The maximum absolute atomic E-state index is 3.74. The standard InChI is InChI=1S/C16H32N2/c1-2-18(16-11-4-3-5-12-16)14-8-13-17-15-9-6-7-10-15/h15-17H,2-14H2,1H3. The van der Waals surface area contributed by atoms with Crippen LogP contribution in [-0.2, 0) is 0 Å². The minimum absolute atomic E-state index is 0.842. The molecule has 2 rings (SSSR count). The molecule has 106 valence electrons. The van der Waals surface area contributed by atoms with E-state index in [1.807, 2.05) is 0 Å². The maximum atomic E-state index is 3.74. The lowest BCUT2D eigenvalue weighted by atomic mass is 9.94. The van der Waals surface area contributed by atoms with Gasteiger partial charge in [-0.15, -0.1) is 0 Å². The molecule has 0 bridgehead atoms. The molecule has 1 N–H and O–H groups in total. The van der Waals surface area contributed by atoms with Crippen molar-refractivity contribution in [2.45, 2.75) is 83.2 Å². The van der Waals surface area contributed by atoms with Crippen LogP contribution in [-0.4, -0.2) is 36.6 Å². The Kier molecular flexibility index (Phi) is 6.50. The Balaban J connectivity index is 1.57. The minimum atomic E-state index is 0.842. The molecule has 0 saturated heterocycles. The lowest BCUT2D eigenvalue weighted by molar-refractivity contribution is 0.161. The van der Waals surface area contributed by atoms with Crippen LogP contribution < -0.4 is 5.32 Å². The molecule has 2 aliphatic carbocycles. The van der Waals surface area contributed by atoms with E-state index in [0.717, 1.165) is 12.1 Å². The van der Waals surface area contributed by atoms with Gasteiger partial charge in [0.2, 0.25) is 0 Å². The summed E-state index contributed by atoms with van der Waals surface area (Å²) >= 11 is 0. The summed E-state index contributed by atoms with van der Waals surface area (Å²) < 4.78 is 0. The van der Waals surface area contributed by atoms with E-state index >= 15 is 0 Å². The zero-order chi connectivity index (χ0) is 12.6. The molecule has 2 fully saturated rings. The lowest BCUT2D eigenvalue weighted by Gasteiger charge is -2.33. The number of hydrogen-bond donors (Lipinski definition) is 1. The Hall–Kier alpha value is -0.0800. The highest BCUT2D eigenvalue weighted by Crippen LogP contribution is 2.22. The Morgan fingerprint density at radius 3 is 2.28 bits per heavy atom. The van der Waals surface area contributed by atoms with Crippen LogP contribution in [0.4, 0.5) is 0 Å². The molecule has 0 heterocycles. The normalized spacial score (nSPS) is 23.0. The summed E-state index contributed by atoms with van der Waals surface area (Å²) in [6.45, 7) is 6.11. The van der Waals surface area contributed by atoms with Crippen LogP contribution in [0.3, 0.4) is 0 Å². The van der Waals surface area contributed by atoms with Crippen molar-refractivity contribution in [2.75, 3.05) is 19.6 Å². The summed E-state index contributed by atoms with van der Waals surface area (Å²) in [5.74, 6) is 0. The van der Waals surface area contributed by atoms with Crippen LogP contribution in [0.1, 0.15) is 71.1 Å². The zero-order valence-electron chi connectivity index (χ0n) is 12.3. The van der Waals surface area contributed by atoms with E-state index in [4.69, 9.17) is 0 Å². The van der Waals surface area contributed by atoms with E-state index in [0.29, 0.717) is 0 Å². The van der Waals surface area contributed by atoms with Crippen LogP contribution in [0, 0.1) is 0 Å². The van der Waals surface area contributed by atoms with Crippen molar-refractivity contribution in [1.29, 1.82) is 0 Å². The smallest absolute Gasteiger partial charge is 0.00951 e. The van der Waals surface area contributed by atoms with Crippen LogP contribution in [0.25, 0.3) is 0 Å². The quantitative estimate of drug-likeness (QED) is 0.697. The van der Waals surface area contributed by atoms with Gasteiger partial charge in [0.1, 0.15) is 0 Å². The third-order valence-corrected chi connectivity index (χ3v) is 4.91. The Bertz CT molecular complexity index is 205. The van der Waals surface area contributed by atoms with Gasteiger partial charge in [-0.2, -0.15) is 0 Å². The summed E-state index contributed by atoms with van der Waals surface area (Å²) in [6, 6.07) is 1.74. The average Bonchev–Trinajstić information content (AvgIpc) is 2.93. The van der Waals surface area contributed by atoms with Crippen molar-refractivity contribution < 1.29 is 0 Å². The van der Waals surface area contributed by atoms with Gasteiger partial charge in [-0.3, -0.25) is 0 Å². The van der Waals surface area contributed by atoms with Crippen LogP contribution >= 0.6 is 0 Å². The molecule has 0 aromatic heterocycles. The second-order valence-corrected chi connectivity index (χ2v) is 6.21. The van der Waals surface area contributed by atoms with E-state index in [9.17, 15) is 0 Å². The SMILES string of the molecule is CCN(CCCNC1CCCC1)C1CCCCC1. The van der Waals surface area contributed by atoms with Gasteiger partial charge >= 0.3 is 0 Å².